The van der Waals surface area contributed by atoms with Crippen molar-refractivity contribution >= 4 is 17.5 Å². The molecule has 0 aliphatic rings. The van der Waals surface area contributed by atoms with Gasteiger partial charge in [0.05, 0.1) is 5.92 Å². The molecular weight excluding hydrogens is 384 g/mol. The second kappa shape index (κ2) is 10.1. The van der Waals surface area contributed by atoms with Crippen LogP contribution in [0.1, 0.15) is 42.0 Å². The Morgan fingerprint density at radius 2 is 1.16 bits per heavy atom. The maximum atomic E-state index is 13.5. The fourth-order valence-corrected chi connectivity index (χ4v) is 3.77. The first kappa shape index (κ1) is 22.3. The topological polar surface area (TPSA) is 58.2 Å². The fourth-order valence-electron chi connectivity index (χ4n) is 3.77. The Morgan fingerprint density at radius 1 is 0.677 bits per heavy atom. The van der Waals surface area contributed by atoms with Gasteiger partial charge in [0, 0.05) is 5.69 Å². The van der Waals surface area contributed by atoms with Crippen LogP contribution in [-0.4, -0.2) is 17.9 Å². The minimum atomic E-state index is -0.651. The van der Waals surface area contributed by atoms with E-state index in [1.807, 2.05) is 107 Å². The number of para-hydroxylation sites is 1. The van der Waals surface area contributed by atoms with Crippen LogP contribution in [0.2, 0.25) is 0 Å². The molecule has 0 aromatic heterocycles. The Labute approximate surface area is 184 Å². The van der Waals surface area contributed by atoms with Crippen LogP contribution in [0, 0.1) is 19.8 Å². The smallest absolute Gasteiger partial charge is 0.247 e. The van der Waals surface area contributed by atoms with Crippen LogP contribution in [-0.2, 0) is 9.59 Å². The molecule has 3 aromatic rings. The van der Waals surface area contributed by atoms with Crippen LogP contribution in [0.15, 0.2) is 78.9 Å². The van der Waals surface area contributed by atoms with E-state index in [1.165, 1.54) is 0 Å². The molecule has 0 spiro atoms. The number of carbonyl (C=O) groups excluding carboxylic acids is 2. The fraction of sp³-hybridized carbons (Fsp3) is 0.259. The number of nitrogens with one attached hydrogen (secondary N) is 2. The number of anilines is 1. The van der Waals surface area contributed by atoms with Gasteiger partial charge in [-0.25, -0.2) is 0 Å². The molecule has 0 bridgehead atoms. The Kier molecular flexibility index (Phi) is 7.24. The zero-order chi connectivity index (χ0) is 22.4. The lowest BCUT2D eigenvalue weighted by Crippen LogP contribution is -2.48. The quantitative estimate of drug-likeness (QED) is 0.557. The average molecular weight is 415 g/mol. The van der Waals surface area contributed by atoms with Gasteiger partial charge in [-0.3, -0.25) is 9.59 Å². The van der Waals surface area contributed by atoms with Crippen molar-refractivity contribution in [2.75, 3.05) is 5.32 Å². The molecule has 0 saturated heterocycles. The molecule has 4 heteroatoms. The minimum Gasteiger partial charge on any atom is -0.343 e. The van der Waals surface area contributed by atoms with Crippen molar-refractivity contribution in [3.05, 3.63) is 101 Å². The zero-order valence-electron chi connectivity index (χ0n) is 18.6. The normalized spacial score (nSPS) is 11.9. The van der Waals surface area contributed by atoms with E-state index in [-0.39, 0.29) is 17.7 Å². The van der Waals surface area contributed by atoms with Crippen LogP contribution in [0.4, 0.5) is 5.69 Å². The molecule has 2 amide bonds. The van der Waals surface area contributed by atoms with Gasteiger partial charge in [0.1, 0.15) is 6.04 Å². The summed E-state index contributed by atoms with van der Waals surface area (Å²) in [4.78, 5) is 26.6. The Morgan fingerprint density at radius 3 is 1.61 bits per heavy atom. The lowest BCUT2D eigenvalue weighted by Gasteiger charge is -2.26. The van der Waals surface area contributed by atoms with Gasteiger partial charge in [-0.15, -0.1) is 0 Å². The Hall–Kier alpha value is -3.40. The SMILES string of the molecule is Cc1cccc(C)c1NC(=O)[C@H](NC(=O)C(c1ccccc1)c1ccccc1)C(C)C. The molecule has 31 heavy (non-hydrogen) atoms. The van der Waals surface area contributed by atoms with Crippen molar-refractivity contribution in [3.63, 3.8) is 0 Å². The standard InChI is InChI=1S/C27H30N2O2/c1-18(2)24(27(31)29-25-19(3)12-11-13-20(25)4)28-26(30)23(21-14-7-5-8-15-21)22-16-9-6-10-17-22/h5-18,23-24H,1-4H3,(H,28,30)(H,29,31)/t24-/m1/s1. The number of amides is 2. The summed E-state index contributed by atoms with van der Waals surface area (Å²) in [6.45, 7) is 7.81. The second-order valence-corrected chi connectivity index (χ2v) is 8.24. The van der Waals surface area contributed by atoms with Gasteiger partial charge >= 0.3 is 0 Å². The van der Waals surface area contributed by atoms with Crippen LogP contribution in [0.5, 0.6) is 0 Å². The summed E-state index contributed by atoms with van der Waals surface area (Å²) in [5.74, 6) is -0.953. The van der Waals surface area contributed by atoms with Crippen molar-refractivity contribution in [1.29, 1.82) is 0 Å². The first-order valence-corrected chi connectivity index (χ1v) is 10.7. The molecule has 0 saturated carbocycles. The Bertz CT molecular complexity index is 970. The second-order valence-electron chi connectivity index (χ2n) is 8.24. The Balaban J connectivity index is 1.86. The maximum Gasteiger partial charge on any atom is 0.247 e. The van der Waals surface area contributed by atoms with Gasteiger partial charge in [0.25, 0.3) is 0 Å². The highest BCUT2D eigenvalue weighted by Gasteiger charge is 2.30. The van der Waals surface area contributed by atoms with Gasteiger partial charge < -0.3 is 10.6 Å². The number of benzene rings is 3. The van der Waals surface area contributed by atoms with E-state index in [1.54, 1.807) is 0 Å². The van der Waals surface area contributed by atoms with Crippen LogP contribution in [0.25, 0.3) is 0 Å². The van der Waals surface area contributed by atoms with Crippen molar-refractivity contribution in [1.82, 2.24) is 5.32 Å². The van der Waals surface area contributed by atoms with E-state index in [0.717, 1.165) is 27.9 Å². The van der Waals surface area contributed by atoms with E-state index < -0.39 is 12.0 Å². The number of carbonyl (C=O) groups is 2. The van der Waals surface area contributed by atoms with E-state index in [9.17, 15) is 9.59 Å². The number of hydrogen-bond acceptors (Lipinski definition) is 2. The predicted molar refractivity (Wildman–Crippen MR) is 126 cm³/mol. The molecular formula is C27H30N2O2. The van der Waals surface area contributed by atoms with Gasteiger partial charge in [-0.2, -0.15) is 0 Å². The summed E-state index contributed by atoms with van der Waals surface area (Å²) < 4.78 is 0. The molecule has 3 rings (SSSR count). The number of aryl methyl sites for hydroxylation is 2. The molecule has 2 N–H and O–H groups in total. The molecule has 160 valence electrons. The van der Waals surface area contributed by atoms with E-state index in [0.29, 0.717) is 0 Å². The summed E-state index contributed by atoms with van der Waals surface area (Å²) in [5, 5.41) is 6.05. The van der Waals surface area contributed by atoms with Crippen molar-refractivity contribution in [3.8, 4) is 0 Å². The maximum absolute atomic E-state index is 13.5. The van der Waals surface area contributed by atoms with Gasteiger partial charge in [-0.1, -0.05) is 92.7 Å². The highest BCUT2D eigenvalue weighted by atomic mass is 16.2. The monoisotopic (exact) mass is 414 g/mol. The lowest BCUT2D eigenvalue weighted by atomic mass is 9.89. The van der Waals surface area contributed by atoms with Crippen molar-refractivity contribution in [2.24, 2.45) is 5.92 Å². The molecule has 0 aliphatic carbocycles. The summed E-state index contributed by atoms with van der Waals surface area (Å²) in [7, 11) is 0. The zero-order valence-corrected chi connectivity index (χ0v) is 18.6. The van der Waals surface area contributed by atoms with Crippen LogP contribution < -0.4 is 10.6 Å². The average Bonchev–Trinajstić information content (AvgIpc) is 2.76. The highest BCUT2D eigenvalue weighted by molar-refractivity contribution is 5.99. The molecule has 3 aromatic carbocycles. The van der Waals surface area contributed by atoms with E-state index >= 15 is 0 Å². The number of rotatable bonds is 7. The molecule has 0 unspecified atom stereocenters. The molecule has 1 atom stereocenters. The van der Waals surface area contributed by atoms with E-state index in [4.69, 9.17) is 0 Å². The molecule has 0 heterocycles. The molecule has 0 radical (unpaired) electrons. The van der Waals surface area contributed by atoms with Crippen molar-refractivity contribution in [2.45, 2.75) is 39.7 Å². The van der Waals surface area contributed by atoms with Gasteiger partial charge in [0.2, 0.25) is 11.8 Å². The molecule has 4 nitrogen and oxygen atoms in total. The third kappa shape index (κ3) is 5.40. The minimum absolute atomic E-state index is 0.0690. The molecule has 0 fully saturated rings. The van der Waals surface area contributed by atoms with Gasteiger partial charge in [-0.05, 0) is 42.0 Å². The first-order valence-electron chi connectivity index (χ1n) is 10.7. The summed E-state index contributed by atoms with van der Waals surface area (Å²) in [5.41, 5.74) is 4.57. The third-order valence-corrected chi connectivity index (χ3v) is 5.50. The first-order chi connectivity index (χ1) is 14.9. The van der Waals surface area contributed by atoms with Crippen LogP contribution in [0.3, 0.4) is 0 Å². The van der Waals surface area contributed by atoms with Crippen molar-refractivity contribution < 1.29 is 9.59 Å². The van der Waals surface area contributed by atoms with E-state index in [2.05, 4.69) is 10.6 Å². The summed E-state index contributed by atoms with van der Waals surface area (Å²) in [6, 6.07) is 24.6. The number of hydrogen-bond donors (Lipinski definition) is 2. The molecule has 0 aliphatic heterocycles. The predicted octanol–water partition coefficient (Wildman–Crippen LogP) is 5.21. The third-order valence-electron chi connectivity index (χ3n) is 5.50. The lowest BCUT2D eigenvalue weighted by molar-refractivity contribution is -0.127. The summed E-state index contributed by atoms with van der Waals surface area (Å²) in [6.07, 6.45) is 0. The summed E-state index contributed by atoms with van der Waals surface area (Å²) >= 11 is 0. The largest absolute Gasteiger partial charge is 0.343 e. The van der Waals surface area contributed by atoms with Gasteiger partial charge in [0.15, 0.2) is 0 Å². The highest BCUT2D eigenvalue weighted by Crippen LogP contribution is 2.26. The van der Waals surface area contributed by atoms with Crippen LogP contribution >= 0.6 is 0 Å².